The standard InChI is InChI=1S/C4H8.Ir/c1-3-4-2;/h1-4H2;/q-2;. The third-order valence-electron chi connectivity index (χ3n) is 0.250. The zero-order valence-electron chi connectivity index (χ0n) is 3.16. The van der Waals surface area contributed by atoms with Crippen LogP contribution in [0.2, 0.25) is 0 Å². The van der Waals surface area contributed by atoms with Gasteiger partial charge in [0.15, 0.2) is 0 Å². The Balaban J connectivity index is 0. The van der Waals surface area contributed by atoms with Crippen molar-refractivity contribution in [1.82, 2.24) is 0 Å². The monoisotopic (exact) mass is 249 g/mol. The van der Waals surface area contributed by atoms with E-state index in [0.29, 0.717) is 0 Å². The third-order valence-corrected chi connectivity index (χ3v) is 0.250. The largest absolute Gasteiger partial charge is 0.346 e. The van der Waals surface area contributed by atoms with Crippen molar-refractivity contribution in [1.29, 1.82) is 0 Å². The summed E-state index contributed by atoms with van der Waals surface area (Å²) in [5, 5.41) is 0. The number of unbranched alkanes of at least 4 members (excludes halogenated alkanes) is 1. The van der Waals surface area contributed by atoms with Gasteiger partial charge in [0.05, 0.1) is 0 Å². The van der Waals surface area contributed by atoms with Gasteiger partial charge in [-0.1, -0.05) is 0 Å². The van der Waals surface area contributed by atoms with Gasteiger partial charge in [0.2, 0.25) is 0 Å². The van der Waals surface area contributed by atoms with Gasteiger partial charge >= 0.3 is 0 Å². The maximum Gasteiger partial charge on any atom is 0 e. The predicted octanol–water partition coefficient (Wildman–Crippen LogP) is 1.43. The maximum atomic E-state index is 3.54. The van der Waals surface area contributed by atoms with Gasteiger partial charge in [0.1, 0.15) is 0 Å². The second-order valence-corrected chi connectivity index (χ2v) is 0.707. The molecule has 0 aromatic heterocycles. The summed E-state index contributed by atoms with van der Waals surface area (Å²) in [6.45, 7) is 7.08. The van der Waals surface area contributed by atoms with Crippen LogP contribution in [0.25, 0.3) is 0 Å². The van der Waals surface area contributed by atoms with Crippen molar-refractivity contribution in [2.45, 2.75) is 12.8 Å². The minimum atomic E-state index is 0. The molecule has 0 heterocycles. The molecule has 0 nitrogen and oxygen atoms in total. The Kier molecular flexibility index (Phi) is 16.2. The fraction of sp³-hybridized carbons (Fsp3) is 0.500. The van der Waals surface area contributed by atoms with E-state index in [9.17, 15) is 0 Å². The molecule has 0 aromatic rings. The molecule has 0 unspecified atom stereocenters. The van der Waals surface area contributed by atoms with E-state index >= 15 is 0 Å². The fourth-order valence-electron chi connectivity index (χ4n) is 0. The summed E-state index contributed by atoms with van der Waals surface area (Å²) in [6.07, 6.45) is 1.92. The van der Waals surface area contributed by atoms with Crippen LogP contribution in [-0.4, -0.2) is 0 Å². The van der Waals surface area contributed by atoms with Crippen molar-refractivity contribution in [3.8, 4) is 0 Å². The minimum absolute atomic E-state index is 0. The molecule has 0 N–H and O–H groups in total. The van der Waals surface area contributed by atoms with E-state index in [4.69, 9.17) is 0 Å². The molecule has 0 aliphatic heterocycles. The Labute approximate surface area is 47.3 Å². The summed E-state index contributed by atoms with van der Waals surface area (Å²) in [7, 11) is 0. The van der Waals surface area contributed by atoms with E-state index in [1.165, 1.54) is 0 Å². The van der Waals surface area contributed by atoms with Crippen LogP contribution in [0.4, 0.5) is 0 Å². The number of rotatable bonds is 1. The topological polar surface area (TPSA) is 0 Å². The average molecular weight is 248 g/mol. The SMILES string of the molecule is [CH2-]CC[CH2-].[Ir]. The zero-order valence-corrected chi connectivity index (χ0v) is 5.56. The summed E-state index contributed by atoms with van der Waals surface area (Å²) >= 11 is 0. The van der Waals surface area contributed by atoms with Crippen molar-refractivity contribution < 1.29 is 20.1 Å². The van der Waals surface area contributed by atoms with E-state index in [0.717, 1.165) is 12.8 Å². The smallest absolute Gasteiger partial charge is 0 e. The molecule has 0 spiro atoms. The van der Waals surface area contributed by atoms with Crippen LogP contribution in [-0.2, 0) is 20.1 Å². The first kappa shape index (κ1) is 9.17. The molecule has 0 amide bonds. The first-order valence-corrected chi connectivity index (χ1v) is 1.50. The molecule has 0 atom stereocenters. The molecule has 5 heavy (non-hydrogen) atoms. The molecule has 1 heteroatoms. The van der Waals surface area contributed by atoms with E-state index in [1.807, 2.05) is 0 Å². The Morgan fingerprint density at radius 3 is 1.20 bits per heavy atom. The maximum absolute atomic E-state index is 3.54. The average Bonchev–Trinajstić information content (AvgIpc) is 1.37. The van der Waals surface area contributed by atoms with Crippen LogP contribution in [0.5, 0.6) is 0 Å². The van der Waals surface area contributed by atoms with Gasteiger partial charge in [-0.05, 0) is 0 Å². The summed E-state index contributed by atoms with van der Waals surface area (Å²) in [5.41, 5.74) is 0. The zero-order chi connectivity index (χ0) is 3.41. The quantitative estimate of drug-likeness (QED) is 0.616. The van der Waals surface area contributed by atoms with Gasteiger partial charge in [0, 0.05) is 20.1 Å². The van der Waals surface area contributed by atoms with Gasteiger partial charge in [-0.3, -0.25) is 0 Å². The van der Waals surface area contributed by atoms with Crippen molar-refractivity contribution in [3.05, 3.63) is 13.8 Å². The van der Waals surface area contributed by atoms with Gasteiger partial charge < -0.3 is 13.8 Å². The Morgan fingerprint density at radius 2 is 1.20 bits per heavy atom. The van der Waals surface area contributed by atoms with E-state index in [1.54, 1.807) is 0 Å². The van der Waals surface area contributed by atoms with Gasteiger partial charge in [-0.25, -0.2) is 12.8 Å². The van der Waals surface area contributed by atoms with Gasteiger partial charge in [-0.2, -0.15) is 0 Å². The molecule has 0 saturated carbocycles. The third kappa shape index (κ3) is 12.0. The van der Waals surface area contributed by atoms with Crippen molar-refractivity contribution in [2.24, 2.45) is 0 Å². The Bertz CT molecular complexity index is 5.61. The molecule has 1 radical (unpaired) electrons. The summed E-state index contributed by atoms with van der Waals surface area (Å²) in [6, 6.07) is 0. The number of hydrogen-bond acceptors (Lipinski definition) is 0. The summed E-state index contributed by atoms with van der Waals surface area (Å²) in [5.74, 6) is 0. The summed E-state index contributed by atoms with van der Waals surface area (Å²) < 4.78 is 0. The Morgan fingerprint density at radius 1 is 1.00 bits per heavy atom. The van der Waals surface area contributed by atoms with Crippen LogP contribution < -0.4 is 0 Å². The Hall–Kier alpha value is 0.649. The normalized spacial score (nSPS) is 6.00. The minimum Gasteiger partial charge on any atom is -0.346 e. The fourth-order valence-corrected chi connectivity index (χ4v) is 0. The summed E-state index contributed by atoms with van der Waals surface area (Å²) in [4.78, 5) is 0. The molecule has 35 valence electrons. The van der Waals surface area contributed by atoms with Gasteiger partial charge in [-0.15, -0.1) is 0 Å². The van der Waals surface area contributed by atoms with E-state index in [-0.39, 0.29) is 20.1 Å². The van der Waals surface area contributed by atoms with Crippen LogP contribution >= 0.6 is 0 Å². The van der Waals surface area contributed by atoms with E-state index < -0.39 is 0 Å². The molecule has 0 fully saturated rings. The molecular formula is C4H8Ir-2. The van der Waals surface area contributed by atoms with Gasteiger partial charge in [0.25, 0.3) is 0 Å². The molecule has 0 rings (SSSR count). The predicted molar refractivity (Wildman–Crippen MR) is 19.9 cm³/mol. The van der Waals surface area contributed by atoms with E-state index in [2.05, 4.69) is 13.8 Å². The molecule has 0 aliphatic carbocycles. The van der Waals surface area contributed by atoms with Crippen LogP contribution in [0, 0.1) is 13.8 Å². The van der Waals surface area contributed by atoms with Crippen molar-refractivity contribution >= 4 is 0 Å². The van der Waals surface area contributed by atoms with Crippen LogP contribution in [0.3, 0.4) is 0 Å². The first-order valence-electron chi connectivity index (χ1n) is 1.50. The molecule has 0 bridgehead atoms. The molecule has 0 aliphatic rings. The van der Waals surface area contributed by atoms with Crippen LogP contribution in [0.15, 0.2) is 0 Å². The first-order chi connectivity index (χ1) is 1.91. The van der Waals surface area contributed by atoms with Crippen LogP contribution in [0.1, 0.15) is 12.8 Å². The van der Waals surface area contributed by atoms with Crippen molar-refractivity contribution in [3.63, 3.8) is 0 Å². The molecular weight excluding hydrogens is 240 g/mol. The second-order valence-electron chi connectivity index (χ2n) is 0.707. The number of hydrogen-bond donors (Lipinski definition) is 0. The second kappa shape index (κ2) is 8.82. The molecule has 0 aromatic carbocycles. The molecule has 0 saturated heterocycles. The van der Waals surface area contributed by atoms with Crippen molar-refractivity contribution in [2.75, 3.05) is 0 Å².